The Morgan fingerprint density at radius 1 is 1.15 bits per heavy atom. The number of carbonyl (C=O) groups is 2. The molecule has 9 nitrogen and oxygen atoms in total. The summed E-state index contributed by atoms with van der Waals surface area (Å²) < 4.78 is 25.1. The number of benzene rings is 1. The van der Waals surface area contributed by atoms with Crippen LogP contribution in [0, 0.1) is 5.92 Å². The minimum Gasteiger partial charge on any atom is -0.350 e. The summed E-state index contributed by atoms with van der Waals surface area (Å²) in [6, 6.07) is 5.56. The molecule has 3 aliphatic rings. The van der Waals surface area contributed by atoms with Crippen LogP contribution in [0.15, 0.2) is 18.2 Å². The molecule has 188 valence electrons. The summed E-state index contributed by atoms with van der Waals surface area (Å²) in [6.07, 6.45) is 3.83. The highest BCUT2D eigenvalue weighted by Gasteiger charge is 2.42. The monoisotopic (exact) mass is 531 g/mol. The van der Waals surface area contributed by atoms with Crippen LogP contribution < -0.4 is 10.6 Å². The molecule has 1 aromatic rings. The van der Waals surface area contributed by atoms with Gasteiger partial charge in [0, 0.05) is 44.8 Å². The van der Waals surface area contributed by atoms with E-state index in [2.05, 4.69) is 15.5 Å². The molecule has 0 aromatic heterocycles. The van der Waals surface area contributed by atoms with E-state index in [0.717, 1.165) is 24.8 Å². The van der Waals surface area contributed by atoms with Gasteiger partial charge in [-0.3, -0.25) is 19.8 Å². The fourth-order valence-electron chi connectivity index (χ4n) is 5.15. The number of sulfonamides is 1. The third-order valence-corrected chi connectivity index (χ3v) is 9.10. The zero-order valence-electron chi connectivity index (χ0n) is 19.2. The molecule has 0 radical (unpaired) electrons. The number of fused-ring (bicyclic) bond motifs is 1. The zero-order chi connectivity index (χ0) is 24.5. The number of halogens is 2. The quantitative estimate of drug-likeness (QED) is 0.570. The van der Waals surface area contributed by atoms with Crippen LogP contribution >= 0.6 is 23.2 Å². The number of carbonyl (C=O) groups excluding carboxylic acids is 2. The second-order valence-electron chi connectivity index (χ2n) is 9.30. The highest BCUT2D eigenvalue weighted by Crippen LogP contribution is 2.32. The van der Waals surface area contributed by atoms with E-state index in [9.17, 15) is 18.0 Å². The predicted octanol–water partition coefficient (Wildman–Crippen LogP) is 1.11. The molecule has 4 rings (SSSR count). The maximum atomic E-state index is 13.2. The summed E-state index contributed by atoms with van der Waals surface area (Å²) in [5, 5.41) is 7.16. The molecule has 1 aliphatic carbocycles. The first-order valence-corrected chi connectivity index (χ1v) is 14.1. The smallest absolute Gasteiger partial charge is 0.239 e. The van der Waals surface area contributed by atoms with Crippen LogP contribution in [-0.4, -0.2) is 92.1 Å². The third-order valence-electron chi connectivity index (χ3n) is 7.06. The van der Waals surface area contributed by atoms with Crippen LogP contribution in [0.2, 0.25) is 10.0 Å². The maximum absolute atomic E-state index is 13.2. The van der Waals surface area contributed by atoms with E-state index in [4.69, 9.17) is 23.2 Å². The predicted molar refractivity (Wildman–Crippen MR) is 131 cm³/mol. The highest BCUT2D eigenvalue weighted by molar-refractivity contribution is 7.88. The lowest BCUT2D eigenvalue weighted by molar-refractivity contribution is -0.146. The standard InChI is InChI=1S/C22H31Cl2N5O4S/c1-34(32,33)29-8-6-27(7-9-29)16-3-5-20-17(11-16)22(31)28(14-26-20)13-21(30)25-12-15-2-4-18(23)19(24)10-15/h2,4,10,16-17,20,26H,3,5-9,11-14H2,1H3,(H,25,30). The van der Waals surface area contributed by atoms with Crippen LogP contribution in [-0.2, 0) is 26.2 Å². The molecular weight excluding hydrogens is 501 g/mol. The molecule has 3 unspecified atom stereocenters. The first kappa shape index (κ1) is 25.7. The van der Waals surface area contributed by atoms with E-state index in [-0.39, 0.29) is 36.4 Å². The van der Waals surface area contributed by atoms with E-state index in [1.165, 1.54) is 10.6 Å². The minimum absolute atomic E-state index is 0.00588. The Labute approximate surface area is 210 Å². The second-order valence-corrected chi connectivity index (χ2v) is 12.1. The molecule has 2 aliphatic heterocycles. The van der Waals surface area contributed by atoms with E-state index in [0.29, 0.717) is 49.4 Å². The molecule has 0 spiro atoms. The molecule has 1 aromatic carbocycles. The Kier molecular flexibility index (Phi) is 8.06. The average molecular weight is 532 g/mol. The van der Waals surface area contributed by atoms with Gasteiger partial charge in [-0.1, -0.05) is 29.3 Å². The molecule has 2 saturated heterocycles. The molecule has 3 atom stereocenters. The number of amides is 2. The van der Waals surface area contributed by atoms with Crippen molar-refractivity contribution in [3.8, 4) is 0 Å². The van der Waals surface area contributed by atoms with E-state index >= 15 is 0 Å². The van der Waals surface area contributed by atoms with Crippen molar-refractivity contribution in [2.24, 2.45) is 5.92 Å². The first-order chi connectivity index (χ1) is 16.1. The molecule has 1 saturated carbocycles. The van der Waals surface area contributed by atoms with Crippen molar-refractivity contribution in [1.29, 1.82) is 0 Å². The van der Waals surface area contributed by atoms with Gasteiger partial charge in [-0.15, -0.1) is 0 Å². The van der Waals surface area contributed by atoms with Gasteiger partial charge >= 0.3 is 0 Å². The SMILES string of the molecule is CS(=O)(=O)N1CCN(C2CCC3NCN(CC(=O)NCc4ccc(Cl)c(Cl)c4)C(=O)C3C2)CC1. The van der Waals surface area contributed by atoms with Crippen molar-refractivity contribution in [3.05, 3.63) is 33.8 Å². The summed E-state index contributed by atoms with van der Waals surface area (Å²) in [7, 11) is -3.17. The zero-order valence-corrected chi connectivity index (χ0v) is 21.5. The number of piperazine rings is 1. The van der Waals surface area contributed by atoms with Gasteiger partial charge in [0.1, 0.15) is 6.54 Å². The molecule has 12 heteroatoms. The van der Waals surface area contributed by atoms with Crippen molar-refractivity contribution in [2.45, 2.75) is 37.9 Å². The van der Waals surface area contributed by atoms with Gasteiger partial charge in [-0.05, 0) is 37.0 Å². The van der Waals surface area contributed by atoms with Crippen molar-refractivity contribution in [2.75, 3.05) is 45.6 Å². The molecule has 34 heavy (non-hydrogen) atoms. The topological polar surface area (TPSA) is 102 Å². The summed E-state index contributed by atoms with van der Waals surface area (Å²) >= 11 is 12.0. The molecular formula is C22H31Cl2N5O4S. The van der Waals surface area contributed by atoms with Crippen molar-refractivity contribution in [3.63, 3.8) is 0 Å². The normalized spacial score (nSPS) is 26.9. The Hall–Kier alpha value is -1.43. The van der Waals surface area contributed by atoms with Gasteiger partial charge in [0.15, 0.2) is 0 Å². The largest absolute Gasteiger partial charge is 0.350 e. The van der Waals surface area contributed by atoms with Gasteiger partial charge in [0.2, 0.25) is 21.8 Å². The molecule has 2 amide bonds. The van der Waals surface area contributed by atoms with E-state index in [1.54, 1.807) is 23.1 Å². The van der Waals surface area contributed by atoms with E-state index in [1.807, 2.05) is 0 Å². The van der Waals surface area contributed by atoms with Crippen LogP contribution in [0.5, 0.6) is 0 Å². The Balaban J connectivity index is 1.29. The van der Waals surface area contributed by atoms with Gasteiger partial charge in [-0.25, -0.2) is 8.42 Å². The first-order valence-electron chi connectivity index (χ1n) is 11.5. The molecule has 0 bridgehead atoms. The molecule has 2 N–H and O–H groups in total. The van der Waals surface area contributed by atoms with Gasteiger partial charge < -0.3 is 10.2 Å². The number of hydrogen-bond donors (Lipinski definition) is 2. The fraction of sp³-hybridized carbons (Fsp3) is 0.636. The van der Waals surface area contributed by atoms with Crippen molar-refractivity contribution in [1.82, 2.24) is 24.7 Å². The molecule has 3 fully saturated rings. The lowest BCUT2D eigenvalue weighted by Crippen LogP contribution is -2.62. The maximum Gasteiger partial charge on any atom is 0.239 e. The summed E-state index contributed by atoms with van der Waals surface area (Å²) in [4.78, 5) is 29.6. The van der Waals surface area contributed by atoms with Gasteiger partial charge in [0.05, 0.1) is 28.9 Å². The number of nitrogens with one attached hydrogen (secondary N) is 2. The lowest BCUT2D eigenvalue weighted by Gasteiger charge is -2.47. The number of rotatable bonds is 6. The third kappa shape index (κ3) is 6.03. The number of nitrogens with zero attached hydrogens (tertiary/aromatic N) is 3. The summed E-state index contributed by atoms with van der Waals surface area (Å²) in [5.41, 5.74) is 0.831. The summed E-state index contributed by atoms with van der Waals surface area (Å²) in [6.45, 7) is 2.99. The van der Waals surface area contributed by atoms with E-state index < -0.39 is 10.0 Å². The van der Waals surface area contributed by atoms with Crippen molar-refractivity contribution < 1.29 is 18.0 Å². The number of hydrogen-bond acceptors (Lipinski definition) is 6. The molecule has 2 heterocycles. The van der Waals surface area contributed by atoms with Gasteiger partial charge in [0.25, 0.3) is 0 Å². The van der Waals surface area contributed by atoms with Crippen LogP contribution in [0.3, 0.4) is 0 Å². The highest BCUT2D eigenvalue weighted by atomic mass is 35.5. The Bertz CT molecular complexity index is 1030. The van der Waals surface area contributed by atoms with Crippen LogP contribution in [0.4, 0.5) is 0 Å². The van der Waals surface area contributed by atoms with Gasteiger partial charge in [-0.2, -0.15) is 4.31 Å². The van der Waals surface area contributed by atoms with Crippen molar-refractivity contribution >= 4 is 45.0 Å². The average Bonchev–Trinajstić information content (AvgIpc) is 2.81. The van der Waals surface area contributed by atoms with Crippen LogP contribution in [0.25, 0.3) is 0 Å². The van der Waals surface area contributed by atoms with Crippen LogP contribution in [0.1, 0.15) is 24.8 Å². The Morgan fingerprint density at radius 2 is 1.88 bits per heavy atom. The Morgan fingerprint density at radius 3 is 2.56 bits per heavy atom. The summed E-state index contributed by atoms with van der Waals surface area (Å²) in [5.74, 6) is -0.403. The second kappa shape index (κ2) is 10.7. The lowest BCUT2D eigenvalue weighted by atomic mass is 9.79. The minimum atomic E-state index is -3.17. The fourth-order valence-corrected chi connectivity index (χ4v) is 6.30.